The summed E-state index contributed by atoms with van der Waals surface area (Å²) in [6, 6.07) is 5.56. The van der Waals surface area contributed by atoms with Gasteiger partial charge in [0.1, 0.15) is 0 Å². The number of fused-ring (bicyclic) bond motifs is 1. The van der Waals surface area contributed by atoms with Gasteiger partial charge in [-0.1, -0.05) is 6.07 Å². The number of carbonyl (C=O) groups excluding carboxylic acids is 2. The number of esters is 1. The highest BCUT2D eigenvalue weighted by Crippen LogP contribution is 2.52. The van der Waals surface area contributed by atoms with Crippen LogP contribution in [0.4, 0.5) is 5.69 Å². The standard InChI is InChI=1S/C15H17NO4S/c1-20-12(17)7-15(4-5-15)8-21-9-2-3-10-11(6-9)16-14(19)13(10)18/h2-3,6,13,18H,4-5,7-8H2,1H3,(H,16,19). The number of carbonyl (C=O) groups is 2. The van der Waals surface area contributed by atoms with E-state index in [1.54, 1.807) is 17.8 Å². The summed E-state index contributed by atoms with van der Waals surface area (Å²) in [7, 11) is 1.42. The van der Waals surface area contributed by atoms with E-state index >= 15 is 0 Å². The Labute approximate surface area is 127 Å². The molecule has 3 rings (SSSR count). The van der Waals surface area contributed by atoms with Crippen molar-refractivity contribution in [3.63, 3.8) is 0 Å². The lowest BCUT2D eigenvalue weighted by Gasteiger charge is -2.13. The van der Waals surface area contributed by atoms with Gasteiger partial charge in [0.05, 0.1) is 13.5 Å². The molecule has 6 heteroatoms. The Hall–Kier alpha value is -1.53. The highest BCUT2D eigenvalue weighted by atomic mass is 32.2. The van der Waals surface area contributed by atoms with Crippen LogP contribution in [0, 0.1) is 5.41 Å². The summed E-state index contributed by atoms with van der Waals surface area (Å²) in [5.41, 5.74) is 1.37. The number of amides is 1. The van der Waals surface area contributed by atoms with Gasteiger partial charge in [-0.15, -0.1) is 11.8 Å². The van der Waals surface area contributed by atoms with Gasteiger partial charge in [0.15, 0.2) is 6.10 Å². The number of benzene rings is 1. The topological polar surface area (TPSA) is 75.6 Å². The number of hydrogen-bond acceptors (Lipinski definition) is 5. The number of nitrogens with one attached hydrogen (secondary N) is 1. The van der Waals surface area contributed by atoms with E-state index in [1.165, 1.54) is 7.11 Å². The molecule has 1 aromatic rings. The SMILES string of the molecule is COC(=O)CC1(CSc2ccc3c(c2)NC(=O)C3O)CC1. The van der Waals surface area contributed by atoms with Crippen LogP contribution in [0.3, 0.4) is 0 Å². The fourth-order valence-corrected chi connectivity index (χ4v) is 3.71. The van der Waals surface area contributed by atoms with Crippen molar-refractivity contribution in [2.24, 2.45) is 5.41 Å². The number of aliphatic hydroxyl groups is 1. The number of hydrogen-bond donors (Lipinski definition) is 2. The van der Waals surface area contributed by atoms with Crippen LogP contribution >= 0.6 is 11.8 Å². The minimum absolute atomic E-state index is 0.0690. The van der Waals surface area contributed by atoms with Gasteiger partial charge in [-0.25, -0.2) is 0 Å². The first-order valence-electron chi connectivity index (χ1n) is 6.85. The first kappa shape index (κ1) is 14.4. The number of methoxy groups -OCH3 is 1. The summed E-state index contributed by atoms with van der Waals surface area (Å²) in [4.78, 5) is 23.8. The molecule has 1 unspecified atom stereocenters. The Bertz CT molecular complexity index is 597. The van der Waals surface area contributed by atoms with Crippen LogP contribution in [0.15, 0.2) is 23.1 Å². The monoisotopic (exact) mass is 307 g/mol. The Morgan fingerprint density at radius 1 is 1.52 bits per heavy atom. The molecule has 2 aliphatic rings. The molecule has 0 radical (unpaired) electrons. The van der Waals surface area contributed by atoms with Crippen molar-refractivity contribution in [2.45, 2.75) is 30.3 Å². The molecule has 2 N–H and O–H groups in total. The lowest BCUT2D eigenvalue weighted by atomic mass is 10.1. The van der Waals surface area contributed by atoms with Crippen molar-refractivity contribution < 1.29 is 19.4 Å². The molecule has 1 aliphatic carbocycles. The summed E-state index contributed by atoms with van der Waals surface area (Å²) in [6.07, 6.45) is 1.51. The summed E-state index contributed by atoms with van der Waals surface area (Å²) >= 11 is 1.67. The van der Waals surface area contributed by atoms with Gasteiger partial charge in [0.25, 0.3) is 5.91 Å². The van der Waals surface area contributed by atoms with E-state index in [-0.39, 0.29) is 17.3 Å². The minimum Gasteiger partial charge on any atom is -0.469 e. The van der Waals surface area contributed by atoms with E-state index in [1.807, 2.05) is 12.1 Å². The molecule has 0 saturated heterocycles. The van der Waals surface area contributed by atoms with E-state index < -0.39 is 6.10 Å². The van der Waals surface area contributed by atoms with Crippen LogP contribution in [0.25, 0.3) is 0 Å². The van der Waals surface area contributed by atoms with Crippen molar-refractivity contribution in [2.75, 3.05) is 18.2 Å². The van der Waals surface area contributed by atoms with Crippen molar-refractivity contribution >= 4 is 29.3 Å². The van der Waals surface area contributed by atoms with E-state index in [2.05, 4.69) is 5.32 Å². The summed E-state index contributed by atoms with van der Waals surface area (Å²) in [5, 5.41) is 12.3. The van der Waals surface area contributed by atoms with Gasteiger partial charge in [-0.2, -0.15) is 0 Å². The van der Waals surface area contributed by atoms with Crippen molar-refractivity contribution in [3.8, 4) is 0 Å². The lowest BCUT2D eigenvalue weighted by molar-refractivity contribution is -0.141. The number of thioether (sulfide) groups is 1. The van der Waals surface area contributed by atoms with Gasteiger partial charge < -0.3 is 15.2 Å². The van der Waals surface area contributed by atoms with Crippen LogP contribution in [-0.4, -0.2) is 29.8 Å². The Morgan fingerprint density at radius 3 is 2.95 bits per heavy atom. The fourth-order valence-electron chi connectivity index (χ4n) is 2.48. The molecule has 1 aliphatic heterocycles. The average molecular weight is 307 g/mol. The first-order chi connectivity index (χ1) is 10.0. The van der Waals surface area contributed by atoms with Crippen LogP contribution in [0.1, 0.15) is 30.9 Å². The quantitative estimate of drug-likeness (QED) is 0.643. The van der Waals surface area contributed by atoms with Crippen molar-refractivity contribution in [1.29, 1.82) is 0 Å². The molecule has 1 atom stereocenters. The van der Waals surface area contributed by atoms with Crippen LogP contribution in [0.5, 0.6) is 0 Å². The molecule has 0 spiro atoms. The van der Waals surface area contributed by atoms with Gasteiger partial charge >= 0.3 is 5.97 Å². The molecule has 1 aromatic carbocycles. The van der Waals surface area contributed by atoms with E-state index in [9.17, 15) is 14.7 Å². The average Bonchev–Trinajstić information content (AvgIpc) is 3.18. The molecule has 5 nitrogen and oxygen atoms in total. The zero-order valence-corrected chi connectivity index (χ0v) is 12.5. The van der Waals surface area contributed by atoms with Gasteiger partial charge in [0, 0.05) is 21.9 Å². The Balaban J connectivity index is 1.64. The Morgan fingerprint density at radius 2 is 2.29 bits per heavy atom. The number of ether oxygens (including phenoxy) is 1. The number of rotatable bonds is 5. The highest BCUT2D eigenvalue weighted by molar-refractivity contribution is 7.99. The second-order valence-electron chi connectivity index (χ2n) is 5.68. The van der Waals surface area contributed by atoms with Crippen molar-refractivity contribution in [3.05, 3.63) is 23.8 Å². The summed E-state index contributed by atoms with van der Waals surface area (Å²) < 4.78 is 4.74. The van der Waals surface area contributed by atoms with Gasteiger partial charge in [0.2, 0.25) is 0 Å². The normalized spacial score (nSPS) is 21.6. The largest absolute Gasteiger partial charge is 0.469 e. The summed E-state index contributed by atoms with van der Waals surface area (Å²) in [6.45, 7) is 0. The van der Waals surface area contributed by atoms with Crippen molar-refractivity contribution in [1.82, 2.24) is 0 Å². The maximum Gasteiger partial charge on any atom is 0.306 e. The van der Waals surface area contributed by atoms with E-state index in [0.29, 0.717) is 17.7 Å². The van der Waals surface area contributed by atoms with Crippen LogP contribution < -0.4 is 5.32 Å². The minimum atomic E-state index is -1.06. The number of aliphatic hydroxyl groups excluding tert-OH is 1. The summed E-state index contributed by atoms with van der Waals surface area (Å²) in [5.74, 6) is 0.325. The molecule has 0 bridgehead atoms. The second kappa shape index (κ2) is 5.35. The zero-order valence-electron chi connectivity index (χ0n) is 11.7. The van der Waals surface area contributed by atoms with Gasteiger partial charge in [-0.05, 0) is 30.4 Å². The molecule has 0 aromatic heterocycles. The molecular formula is C15H17NO4S. The number of anilines is 1. The predicted octanol–water partition coefficient (Wildman–Crippen LogP) is 2.11. The zero-order chi connectivity index (χ0) is 15.0. The maximum atomic E-state index is 11.4. The molecular weight excluding hydrogens is 290 g/mol. The fraction of sp³-hybridized carbons (Fsp3) is 0.467. The first-order valence-corrected chi connectivity index (χ1v) is 7.84. The molecule has 1 heterocycles. The van der Waals surface area contributed by atoms with E-state index in [0.717, 1.165) is 23.5 Å². The molecule has 1 saturated carbocycles. The third kappa shape index (κ3) is 2.91. The smallest absolute Gasteiger partial charge is 0.306 e. The van der Waals surface area contributed by atoms with Crippen LogP contribution in [-0.2, 0) is 14.3 Å². The molecule has 21 heavy (non-hydrogen) atoms. The Kier molecular flexibility index (Phi) is 3.67. The molecule has 1 amide bonds. The third-order valence-electron chi connectivity index (χ3n) is 4.07. The van der Waals surface area contributed by atoms with Gasteiger partial charge in [-0.3, -0.25) is 9.59 Å². The van der Waals surface area contributed by atoms with E-state index in [4.69, 9.17) is 4.74 Å². The van der Waals surface area contributed by atoms with Crippen LogP contribution in [0.2, 0.25) is 0 Å². The molecule has 1 fully saturated rings. The third-order valence-corrected chi connectivity index (χ3v) is 5.42. The predicted molar refractivity (Wildman–Crippen MR) is 79.1 cm³/mol. The lowest BCUT2D eigenvalue weighted by Crippen LogP contribution is -2.12. The molecule has 112 valence electrons. The highest BCUT2D eigenvalue weighted by Gasteiger charge is 2.44. The maximum absolute atomic E-state index is 11.4. The second-order valence-corrected chi connectivity index (χ2v) is 6.73.